The van der Waals surface area contributed by atoms with Gasteiger partial charge >= 0.3 is 11.9 Å². The molecular formula is C19H19NO6. The topological polar surface area (TPSA) is 102 Å². The first-order valence-electron chi connectivity index (χ1n) is 7.84. The number of ether oxygens (including phenoxy) is 2. The van der Waals surface area contributed by atoms with Gasteiger partial charge < -0.3 is 19.9 Å². The third-order valence-corrected chi connectivity index (χ3v) is 3.54. The zero-order chi connectivity index (χ0) is 19.1. The third-order valence-electron chi connectivity index (χ3n) is 3.54. The van der Waals surface area contributed by atoms with Crippen LogP contribution in [-0.2, 0) is 16.0 Å². The van der Waals surface area contributed by atoms with E-state index < -0.39 is 23.9 Å². The highest BCUT2D eigenvalue weighted by Crippen LogP contribution is 2.16. The molecular weight excluding hydrogens is 338 g/mol. The van der Waals surface area contributed by atoms with Gasteiger partial charge in [0.2, 0.25) is 0 Å². The van der Waals surface area contributed by atoms with Crippen LogP contribution in [-0.4, -0.2) is 36.1 Å². The zero-order valence-electron chi connectivity index (χ0n) is 14.4. The molecule has 0 fully saturated rings. The average molecular weight is 357 g/mol. The molecule has 26 heavy (non-hydrogen) atoms. The molecule has 0 aromatic heterocycles. The number of rotatable bonds is 7. The average Bonchev–Trinajstić information content (AvgIpc) is 2.60. The van der Waals surface area contributed by atoms with Gasteiger partial charge in [-0.1, -0.05) is 18.2 Å². The van der Waals surface area contributed by atoms with Crippen LogP contribution in [0.5, 0.6) is 11.5 Å². The highest BCUT2D eigenvalue weighted by Gasteiger charge is 2.21. The van der Waals surface area contributed by atoms with Crippen LogP contribution in [0.25, 0.3) is 0 Å². The Labute approximate surface area is 150 Å². The summed E-state index contributed by atoms with van der Waals surface area (Å²) >= 11 is 0. The minimum Gasteiger partial charge on any atom is -0.497 e. The Hall–Kier alpha value is -3.35. The van der Waals surface area contributed by atoms with Crippen molar-refractivity contribution in [2.24, 2.45) is 0 Å². The lowest BCUT2D eigenvalue weighted by Gasteiger charge is -2.15. The van der Waals surface area contributed by atoms with E-state index in [1.165, 1.54) is 32.2 Å². The van der Waals surface area contributed by atoms with E-state index in [1.807, 2.05) is 0 Å². The van der Waals surface area contributed by atoms with Gasteiger partial charge in [-0.3, -0.25) is 9.59 Å². The van der Waals surface area contributed by atoms with Crippen molar-refractivity contribution in [1.82, 2.24) is 5.32 Å². The molecule has 2 rings (SSSR count). The van der Waals surface area contributed by atoms with E-state index in [-0.39, 0.29) is 17.7 Å². The molecule has 1 amide bonds. The second-order valence-electron chi connectivity index (χ2n) is 5.54. The van der Waals surface area contributed by atoms with E-state index in [0.29, 0.717) is 11.3 Å². The number of amides is 1. The number of carboxylic acid groups (broad SMARTS) is 1. The summed E-state index contributed by atoms with van der Waals surface area (Å²) in [6, 6.07) is 11.8. The fourth-order valence-corrected chi connectivity index (χ4v) is 2.34. The second-order valence-corrected chi connectivity index (χ2v) is 5.54. The Kier molecular flexibility index (Phi) is 6.32. The van der Waals surface area contributed by atoms with Crippen molar-refractivity contribution in [1.29, 1.82) is 0 Å². The van der Waals surface area contributed by atoms with Crippen molar-refractivity contribution >= 4 is 17.8 Å². The minimum absolute atomic E-state index is 0.0991. The molecule has 0 spiro atoms. The largest absolute Gasteiger partial charge is 0.497 e. The number of esters is 1. The number of carboxylic acids is 1. The first-order valence-corrected chi connectivity index (χ1v) is 7.84. The second kappa shape index (κ2) is 8.66. The number of methoxy groups -OCH3 is 1. The van der Waals surface area contributed by atoms with Crippen LogP contribution in [0, 0.1) is 0 Å². The van der Waals surface area contributed by atoms with Crippen molar-refractivity contribution in [3.8, 4) is 11.5 Å². The van der Waals surface area contributed by atoms with Crippen molar-refractivity contribution in [2.75, 3.05) is 7.11 Å². The Morgan fingerprint density at radius 3 is 2.42 bits per heavy atom. The summed E-state index contributed by atoms with van der Waals surface area (Å²) in [6.07, 6.45) is 0.0991. The van der Waals surface area contributed by atoms with Crippen LogP contribution < -0.4 is 14.8 Å². The summed E-state index contributed by atoms with van der Waals surface area (Å²) in [7, 11) is 1.52. The smallest absolute Gasteiger partial charge is 0.326 e. The Bertz CT molecular complexity index is 817. The zero-order valence-corrected chi connectivity index (χ0v) is 14.4. The lowest BCUT2D eigenvalue weighted by molar-refractivity contribution is -0.139. The number of benzene rings is 2. The molecule has 0 unspecified atom stereocenters. The number of carbonyl (C=O) groups is 3. The fraction of sp³-hybridized carbons (Fsp3) is 0.211. The first kappa shape index (κ1) is 19.0. The van der Waals surface area contributed by atoms with Crippen molar-refractivity contribution in [2.45, 2.75) is 19.4 Å². The number of hydrogen-bond acceptors (Lipinski definition) is 5. The van der Waals surface area contributed by atoms with Gasteiger partial charge in [0.25, 0.3) is 5.91 Å². The van der Waals surface area contributed by atoms with Crippen LogP contribution in [0.4, 0.5) is 0 Å². The highest BCUT2D eigenvalue weighted by molar-refractivity contribution is 5.97. The molecule has 0 aliphatic carbocycles. The maximum Gasteiger partial charge on any atom is 0.326 e. The summed E-state index contributed by atoms with van der Waals surface area (Å²) in [5.41, 5.74) is 0.909. The molecule has 0 bridgehead atoms. The Morgan fingerprint density at radius 2 is 1.77 bits per heavy atom. The minimum atomic E-state index is -1.16. The monoisotopic (exact) mass is 357 g/mol. The van der Waals surface area contributed by atoms with Crippen LogP contribution in [0.1, 0.15) is 22.8 Å². The van der Waals surface area contributed by atoms with Gasteiger partial charge in [0.05, 0.1) is 7.11 Å². The summed E-state index contributed by atoms with van der Waals surface area (Å²) in [6.45, 7) is 1.25. The predicted octanol–water partition coefficient (Wildman–Crippen LogP) is 2.05. The maximum atomic E-state index is 12.4. The molecule has 7 heteroatoms. The number of hydrogen-bond donors (Lipinski definition) is 2. The molecule has 2 aromatic rings. The SMILES string of the molecule is COc1cccc(C[C@@H](NC(=O)c2cccc(OC(C)=O)c2)C(=O)O)c1. The fourth-order valence-electron chi connectivity index (χ4n) is 2.34. The normalized spacial score (nSPS) is 11.3. The Morgan fingerprint density at radius 1 is 1.08 bits per heavy atom. The molecule has 2 N–H and O–H groups in total. The summed E-state index contributed by atoms with van der Waals surface area (Å²) in [4.78, 5) is 34.9. The van der Waals surface area contributed by atoms with Gasteiger partial charge in [-0.2, -0.15) is 0 Å². The standard InChI is InChI=1S/C19H19NO6/c1-12(21)26-16-8-4-6-14(11-16)18(22)20-17(19(23)24)10-13-5-3-7-15(9-13)25-2/h3-9,11,17H,10H2,1-2H3,(H,20,22)(H,23,24)/t17-/m1/s1. The molecule has 0 heterocycles. The molecule has 0 aliphatic heterocycles. The highest BCUT2D eigenvalue weighted by atomic mass is 16.5. The van der Waals surface area contributed by atoms with Crippen molar-refractivity contribution < 1.29 is 29.0 Å². The lowest BCUT2D eigenvalue weighted by atomic mass is 10.0. The number of aliphatic carboxylic acids is 1. The molecule has 0 radical (unpaired) electrons. The van der Waals surface area contributed by atoms with Crippen molar-refractivity contribution in [3.63, 3.8) is 0 Å². The van der Waals surface area contributed by atoms with Crippen LogP contribution in [0.2, 0.25) is 0 Å². The van der Waals surface area contributed by atoms with E-state index in [2.05, 4.69) is 5.32 Å². The molecule has 0 saturated carbocycles. The van der Waals surface area contributed by atoms with Gasteiger partial charge in [0.1, 0.15) is 17.5 Å². The molecule has 0 saturated heterocycles. The van der Waals surface area contributed by atoms with Crippen LogP contribution >= 0.6 is 0 Å². The van der Waals surface area contributed by atoms with E-state index >= 15 is 0 Å². The Balaban J connectivity index is 2.12. The van der Waals surface area contributed by atoms with E-state index in [9.17, 15) is 19.5 Å². The van der Waals surface area contributed by atoms with E-state index in [0.717, 1.165) is 0 Å². The van der Waals surface area contributed by atoms with Gasteiger partial charge in [0, 0.05) is 18.9 Å². The van der Waals surface area contributed by atoms with Crippen molar-refractivity contribution in [3.05, 3.63) is 59.7 Å². The molecule has 2 aromatic carbocycles. The predicted molar refractivity (Wildman–Crippen MR) is 93.3 cm³/mol. The lowest BCUT2D eigenvalue weighted by Crippen LogP contribution is -2.42. The van der Waals surface area contributed by atoms with Gasteiger partial charge in [-0.15, -0.1) is 0 Å². The van der Waals surface area contributed by atoms with Crippen LogP contribution in [0.3, 0.4) is 0 Å². The van der Waals surface area contributed by atoms with Gasteiger partial charge in [0.15, 0.2) is 0 Å². The number of nitrogens with one attached hydrogen (secondary N) is 1. The van der Waals surface area contributed by atoms with Crippen LogP contribution in [0.15, 0.2) is 48.5 Å². The maximum absolute atomic E-state index is 12.4. The summed E-state index contributed by atoms with van der Waals surface area (Å²) in [5, 5.41) is 11.9. The molecule has 7 nitrogen and oxygen atoms in total. The first-order chi connectivity index (χ1) is 12.4. The number of carbonyl (C=O) groups excluding carboxylic acids is 2. The summed E-state index contributed by atoms with van der Waals surface area (Å²) < 4.78 is 10.0. The van der Waals surface area contributed by atoms with Gasteiger partial charge in [-0.05, 0) is 35.9 Å². The quantitative estimate of drug-likeness (QED) is 0.581. The van der Waals surface area contributed by atoms with Gasteiger partial charge in [-0.25, -0.2) is 4.79 Å². The van der Waals surface area contributed by atoms with E-state index in [1.54, 1.807) is 30.3 Å². The van der Waals surface area contributed by atoms with E-state index in [4.69, 9.17) is 9.47 Å². The molecule has 1 atom stereocenters. The molecule has 0 aliphatic rings. The molecule has 136 valence electrons. The summed E-state index contributed by atoms with van der Waals surface area (Å²) in [5.74, 6) is -1.42. The third kappa shape index (κ3) is 5.34.